The van der Waals surface area contributed by atoms with E-state index in [-0.39, 0.29) is 6.04 Å². The smallest absolute Gasteiger partial charge is 0.186 e. The second-order valence-corrected chi connectivity index (χ2v) is 9.26. The molecule has 1 aliphatic rings. The molecule has 0 saturated carbocycles. The van der Waals surface area contributed by atoms with Crippen molar-refractivity contribution in [2.45, 2.75) is 12.6 Å². The van der Waals surface area contributed by atoms with Gasteiger partial charge in [0.1, 0.15) is 17.5 Å². The first kappa shape index (κ1) is 23.5. The van der Waals surface area contributed by atoms with Crippen molar-refractivity contribution in [1.29, 1.82) is 0 Å². The lowest BCUT2D eigenvalue weighted by Crippen LogP contribution is -2.48. The number of tetrazole rings is 1. The van der Waals surface area contributed by atoms with Crippen molar-refractivity contribution in [3.63, 3.8) is 0 Å². The van der Waals surface area contributed by atoms with E-state index in [4.69, 9.17) is 19.2 Å². The van der Waals surface area contributed by atoms with Crippen LogP contribution < -0.4 is 14.4 Å². The minimum atomic E-state index is -0.180. The maximum Gasteiger partial charge on any atom is 0.186 e. The summed E-state index contributed by atoms with van der Waals surface area (Å²) in [5.41, 5.74) is 2.04. The molecule has 0 radical (unpaired) electrons. The topological polar surface area (TPSA) is 90.7 Å². The summed E-state index contributed by atoms with van der Waals surface area (Å²) in [4.78, 5) is 9.61. The van der Waals surface area contributed by atoms with Gasteiger partial charge in [-0.1, -0.05) is 23.5 Å². The van der Waals surface area contributed by atoms with Crippen LogP contribution in [0.1, 0.15) is 17.4 Å². The van der Waals surface area contributed by atoms with Gasteiger partial charge in [-0.05, 0) is 34.7 Å². The fourth-order valence-corrected chi connectivity index (χ4v) is 5.47. The molecule has 11 heteroatoms. The molecule has 35 heavy (non-hydrogen) atoms. The van der Waals surface area contributed by atoms with Crippen LogP contribution in [-0.4, -0.2) is 84.2 Å². The van der Waals surface area contributed by atoms with Gasteiger partial charge in [0, 0.05) is 44.9 Å². The molecule has 1 aliphatic heterocycles. The molecule has 0 N–H and O–H groups in total. The van der Waals surface area contributed by atoms with Crippen molar-refractivity contribution in [2.24, 2.45) is 0 Å². The van der Waals surface area contributed by atoms with E-state index >= 15 is 0 Å². The first-order valence-corrected chi connectivity index (χ1v) is 12.3. The SMILES string of the molecule is COCCn1nnnc1[C@@H](c1ccc(OC)cc1OC)N1CCN(c2nc3ccccc3s2)CC1. The summed E-state index contributed by atoms with van der Waals surface area (Å²) in [5.74, 6) is 2.24. The predicted molar refractivity (Wildman–Crippen MR) is 134 cm³/mol. The van der Waals surface area contributed by atoms with Gasteiger partial charge in [-0.25, -0.2) is 9.67 Å². The van der Waals surface area contributed by atoms with E-state index < -0.39 is 0 Å². The standard InChI is InChI=1S/C24H29N7O3S/c1-32-15-14-31-23(26-27-28-31)22(18-9-8-17(33-2)16-20(18)34-3)29-10-12-30(13-11-29)24-25-19-6-4-5-7-21(19)35-24/h4-9,16,22H,10-15H2,1-3H3/t22-/m1/s1. The second-order valence-electron chi connectivity index (χ2n) is 8.25. The maximum absolute atomic E-state index is 5.77. The Hall–Kier alpha value is -3.28. The molecule has 1 fully saturated rings. The number of para-hydroxylation sites is 1. The van der Waals surface area contributed by atoms with Gasteiger partial charge in [0.05, 0.1) is 37.6 Å². The van der Waals surface area contributed by atoms with Crippen LogP contribution in [0, 0.1) is 0 Å². The summed E-state index contributed by atoms with van der Waals surface area (Å²) in [5, 5.41) is 13.7. The third-order valence-corrected chi connectivity index (χ3v) is 7.38. The van der Waals surface area contributed by atoms with Crippen LogP contribution in [0.5, 0.6) is 11.5 Å². The van der Waals surface area contributed by atoms with Crippen molar-refractivity contribution in [3.05, 3.63) is 53.9 Å². The van der Waals surface area contributed by atoms with Gasteiger partial charge in [0.2, 0.25) is 0 Å². The molecule has 5 rings (SSSR count). The highest BCUT2D eigenvalue weighted by molar-refractivity contribution is 7.22. The summed E-state index contributed by atoms with van der Waals surface area (Å²) in [6, 6.07) is 14.0. The van der Waals surface area contributed by atoms with Gasteiger partial charge >= 0.3 is 0 Å². The Morgan fingerprint density at radius 3 is 2.57 bits per heavy atom. The molecule has 1 saturated heterocycles. The lowest BCUT2D eigenvalue weighted by atomic mass is 10.0. The van der Waals surface area contributed by atoms with Crippen LogP contribution in [0.2, 0.25) is 0 Å². The van der Waals surface area contributed by atoms with E-state index in [0.29, 0.717) is 13.2 Å². The summed E-state index contributed by atoms with van der Waals surface area (Å²) in [6.07, 6.45) is 0. The average molecular weight is 496 g/mol. The van der Waals surface area contributed by atoms with Crippen molar-refractivity contribution in [2.75, 3.05) is 59.0 Å². The average Bonchev–Trinajstić information content (AvgIpc) is 3.55. The van der Waals surface area contributed by atoms with Crippen LogP contribution >= 0.6 is 11.3 Å². The molecule has 1 atom stereocenters. The monoisotopic (exact) mass is 495 g/mol. The van der Waals surface area contributed by atoms with Crippen molar-refractivity contribution >= 4 is 26.7 Å². The summed E-state index contributed by atoms with van der Waals surface area (Å²) in [7, 11) is 5.00. The lowest BCUT2D eigenvalue weighted by molar-refractivity contribution is 0.171. The minimum Gasteiger partial charge on any atom is -0.497 e. The lowest BCUT2D eigenvalue weighted by Gasteiger charge is -2.39. The van der Waals surface area contributed by atoms with Gasteiger partial charge in [-0.2, -0.15) is 0 Å². The number of piperazine rings is 1. The number of aromatic nitrogens is 5. The molecule has 10 nitrogen and oxygen atoms in total. The molecule has 2 aromatic heterocycles. The number of hydrogen-bond acceptors (Lipinski definition) is 10. The molecule has 184 valence electrons. The highest BCUT2D eigenvalue weighted by Gasteiger charge is 2.33. The number of benzene rings is 2. The Balaban J connectivity index is 1.44. The molecule has 2 aromatic carbocycles. The maximum atomic E-state index is 5.77. The Morgan fingerprint density at radius 1 is 1.00 bits per heavy atom. The van der Waals surface area contributed by atoms with E-state index in [0.717, 1.165) is 59.7 Å². The molecule has 0 bridgehead atoms. The number of thiazole rings is 1. The highest BCUT2D eigenvalue weighted by Crippen LogP contribution is 2.37. The number of hydrogen-bond donors (Lipinski definition) is 0. The van der Waals surface area contributed by atoms with E-state index in [9.17, 15) is 0 Å². The van der Waals surface area contributed by atoms with Crippen LogP contribution in [0.4, 0.5) is 5.13 Å². The summed E-state index contributed by atoms with van der Waals surface area (Å²) >= 11 is 1.74. The Kier molecular flexibility index (Phi) is 7.07. The third-order valence-electron chi connectivity index (χ3n) is 6.28. The number of nitrogens with zero attached hydrogens (tertiary/aromatic N) is 7. The molecule has 0 spiro atoms. The number of fused-ring (bicyclic) bond motifs is 1. The highest BCUT2D eigenvalue weighted by atomic mass is 32.1. The largest absolute Gasteiger partial charge is 0.497 e. The van der Waals surface area contributed by atoms with Crippen LogP contribution in [0.3, 0.4) is 0 Å². The molecular weight excluding hydrogens is 466 g/mol. The van der Waals surface area contributed by atoms with Gasteiger partial charge < -0.3 is 19.1 Å². The van der Waals surface area contributed by atoms with E-state index in [1.807, 2.05) is 28.9 Å². The minimum absolute atomic E-state index is 0.180. The zero-order valence-electron chi connectivity index (χ0n) is 20.1. The van der Waals surface area contributed by atoms with Crippen LogP contribution in [0.25, 0.3) is 10.2 Å². The van der Waals surface area contributed by atoms with Crippen molar-refractivity contribution in [3.8, 4) is 11.5 Å². The van der Waals surface area contributed by atoms with Gasteiger partial charge in [-0.3, -0.25) is 4.90 Å². The molecule has 3 heterocycles. The number of rotatable bonds is 9. The zero-order chi connectivity index (χ0) is 24.2. The number of ether oxygens (including phenoxy) is 3. The Bertz CT molecular complexity index is 1240. The zero-order valence-corrected chi connectivity index (χ0v) is 20.9. The van der Waals surface area contributed by atoms with Crippen molar-refractivity contribution in [1.82, 2.24) is 30.1 Å². The fraction of sp³-hybridized carbons (Fsp3) is 0.417. The van der Waals surface area contributed by atoms with Gasteiger partial charge in [-0.15, -0.1) is 5.10 Å². The molecule has 4 aromatic rings. The molecule has 0 unspecified atom stereocenters. The molecule has 0 aliphatic carbocycles. The third kappa shape index (κ3) is 4.79. The first-order chi connectivity index (χ1) is 17.2. The Labute approximate surface area is 208 Å². The molecule has 0 amide bonds. The quantitative estimate of drug-likeness (QED) is 0.348. The van der Waals surface area contributed by atoms with Crippen LogP contribution in [-0.2, 0) is 11.3 Å². The van der Waals surface area contributed by atoms with E-state index in [1.54, 1.807) is 32.7 Å². The van der Waals surface area contributed by atoms with E-state index in [2.05, 4.69) is 43.5 Å². The van der Waals surface area contributed by atoms with Gasteiger partial charge in [0.15, 0.2) is 11.0 Å². The predicted octanol–water partition coefficient (Wildman–Crippen LogP) is 2.86. The fourth-order valence-electron chi connectivity index (χ4n) is 4.45. The first-order valence-electron chi connectivity index (χ1n) is 11.5. The summed E-state index contributed by atoms with van der Waals surface area (Å²) in [6.45, 7) is 4.46. The number of anilines is 1. The summed E-state index contributed by atoms with van der Waals surface area (Å²) < 4.78 is 19.5. The second kappa shape index (κ2) is 10.5. The van der Waals surface area contributed by atoms with Crippen molar-refractivity contribution < 1.29 is 14.2 Å². The van der Waals surface area contributed by atoms with Gasteiger partial charge in [0.25, 0.3) is 0 Å². The Morgan fingerprint density at radius 2 is 1.83 bits per heavy atom. The normalized spacial score (nSPS) is 15.5. The van der Waals surface area contributed by atoms with E-state index in [1.165, 1.54) is 4.70 Å². The molecular formula is C24H29N7O3S. The van der Waals surface area contributed by atoms with Crippen LogP contribution in [0.15, 0.2) is 42.5 Å². The number of methoxy groups -OCH3 is 3.